The minimum absolute atomic E-state index is 0. The van der Waals surface area contributed by atoms with Crippen molar-refractivity contribution < 1.29 is 0 Å². The molecule has 0 unspecified atom stereocenters. The van der Waals surface area contributed by atoms with Gasteiger partial charge in [0.15, 0.2) is 5.96 Å². The Labute approximate surface area is 143 Å². The first-order valence-corrected chi connectivity index (χ1v) is 8.18. The minimum atomic E-state index is 0. The Bertz CT molecular complexity index is 456. The first-order valence-electron chi connectivity index (χ1n) is 6.57. The number of halogens is 2. The van der Waals surface area contributed by atoms with Crippen molar-refractivity contribution in [3.05, 3.63) is 20.8 Å². The molecule has 0 spiro atoms. The fourth-order valence-corrected chi connectivity index (χ4v) is 4.25. The lowest BCUT2D eigenvalue weighted by Crippen LogP contribution is -2.49. The molecule has 0 atom stereocenters. The number of hydrogen-bond acceptors (Lipinski definition) is 4. The Morgan fingerprint density at radius 3 is 2.74 bits per heavy atom. The first kappa shape index (κ1) is 15.6. The van der Waals surface area contributed by atoms with Gasteiger partial charge < -0.3 is 10.6 Å². The Kier molecular flexibility index (Phi) is 5.54. The zero-order chi connectivity index (χ0) is 12.4. The van der Waals surface area contributed by atoms with E-state index in [1.807, 2.05) is 11.3 Å². The monoisotopic (exact) mass is 455 g/mol. The number of guanidine groups is 1. The van der Waals surface area contributed by atoms with E-state index in [4.69, 9.17) is 0 Å². The maximum Gasteiger partial charge on any atom is 0.191 e. The fourth-order valence-electron chi connectivity index (χ4n) is 2.62. The molecular formula is C13H19BrIN3S. The van der Waals surface area contributed by atoms with Gasteiger partial charge in [-0.3, -0.25) is 4.99 Å². The molecular weight excluding hydrogens is 437 g/mol. The van der Waals surface area contributed by atoms with Crippen molar-refractivity contribution in [2.45, 2.75) is 31.1 Å². The van der Waals surface area contributed by atoms with Gasteiger partial charge >= 0.3 is 0 Å². The summed E-state index contributed by atoms with van der Waals surface area (Å²) < 4.78 is 1.23. The van der Waals surface area contributed by atoms with Crippen LogP contribution in [0.15, 0.2) is 20.9 Å². The van der Waals surface area contributed by atoms with Crippen molar-refractivity contribution >= 4 is 57.2 Å². The van der Waals surface area contributed by atoms with E-state index in [9.17, 15) is 0 Å². The highest BCUT2D eigenvalue weighted by Gasteiger charge is 2.39. The van der Waals surface area contributed by atoms with Crippen LogP contribution >= 0.6 is 51.2 Å². The summed E-state index contributed by atoms with van der Waals surface area (Å²) >= 11 is 5.44. The Balaban J connectivity index is 0.00000133. The number of thiophene rings is 1. The third-order valence-corrected chi connectivity index (χ3v) is 5.77. The predicted octanol–water partition coefficient (Wildman–Crippen LogP) is 3.49. The predicted molar refractivity (Wildman–Crippen MR) is 95.9 cm³/mol. The van der Waals surface area contributed by atoms with E-state index in [1.54, 1.807) is 0 Å². The number of rotatable bonds is 3. The minimum Gasteiger partial charge on any atom is -0.356 e. The van der Waals surface area contributed by atoms with E-state index in [0.29, 0.717) is 5.41 Å². The molecule has 0 aromatic carbocycles. The van der Waals surface area contributed by atoms with E-state index < -0.39 is 0 Å². The standard InChI is InChI=1S/C13H18BrN3S.HI/c14-11-4-3-10(18-11)13(5-1-6-13)9-17-12-15-7-2-8-16-12;/h3-4H,1-2,5-9H2,(H2,15,16,17);1H. The van der Waals surface area contributed by atoms with Crippen LogP contribution in [0.2, 0.25) is 0 Å². The summed E-state index contributed by atoms with van der Waals surface area (Å²) in [6, 6.07) is 4.43. The Morgan fingerprint density at radius 1 is 1.37 bits per heavy atom. The molecule has 19 heavy (non-hydrogen) atoms. The summed E-state index contributed by atoms with van der Waals surface area (Å²) in [6.45, 7) is 3.00. The molecule has 1 fully saturated rings. The van der Waals surface area contributed by atoms with Gasteiger partial charge in [-0.1, -0.05) is 6.42 Å². The molecule has 1 aromatic heterocycles. The van der Waals surface area contributed by atoms with E-state index in [-0.39, 0.29) is 24.0 Å². The molecule has 2 aliphatic rings. The SMILES string of the molecule is Brc1ccc(C2(CNC3=NCCCN3)CCC2)s1.I. The molecule has 0 amide bonds. The highest BCUT2D eigenvalue weighted by molar-refractivity contribution is 14.0. The highest BCUT2D eigenvalue weighted by atomic mass is 127. The average Bonchev–Trinajstić information content (AvgIpc) is 2.76. The van der Waals surface area contributed by atoms with Crippen LogP contribution in [0.4, 0.5) is 0 Å². The lowest BCUT2D eigenvalue weighted by molar-refractivity contribution is 0.249. The van der Waals surface area contributed by atoms with E-state index >= 15 is 0 Å². The second-order valence-corrected chi connectivity index (χ2v) is 7.56. The summed E-state index contributed by atoms with van der Waals surface area (Å²) in [4.78, 5) is 5.98. The van der Waals surface area contributed by atoms with Gasteiger partial charge in [-0.05, 0) is 47.3 Å². The molecule has 1 aliphatic carbocycles. The van der Waals surface area contributed by atoms with Gasteiger partial charge in [-0.25, -0.2) is 0 Å². The van der Waals surface area contributed by atoms with Crippen LogP contribution < -0.4 is 10.6 Å². The molecule has 106 valence electrons. The molecule has 3 nitrogen and oxygen atoms in total. The second kappa shape index (κ2) is 6.76. The summed E-state index contributed by atoms with van der Waals surface area (Å²) in [5.74, 6) is 0.989. The van der Waals surface area contributed by atoms with Gasteiger partial charge in [0.25, 0.3) is 0 Å². The Morgan fingerprint density at radius 2 is 2.21 bits per heavy atom. The third kappa shape index (κ3) is 3.44. The van der Waals surface area contributed by atoms with Crippen LogP contribution in [0.5, 0.6) is 0 Å². The van der Waals surface area contributed by atoms with Gasteiger partial charge in [0.05, 0.1) is 3.79 Å². The lowest BCUT2D eigenvalue weighted by Gasteiger charge is -2.41. The normalized spacial score (nSPS) is 20.6. The molecule has 0 bridgehead atoms. The first-order chi connectivity index (χ1) is 8.78. The largest absolute Gasteiger partial charge is 0.356 e. The zero-order valence-corrected chi connectivity index (χ0v) is 15.5. The summed E-state index contributed by atoms with van der Waals surface area (Å²) in [6.07, 6.45) is 5.08. The van der Waals surface area contributed by atoms with E-state index in [1.165, 1.54) is 27.9 Å². The highest BCUT2D eigenvalue weighted by Crippen LogP contribution is 2.46. The number of nitrogens with one attached hydrogen (secondary N) is 2. The lowest BCUT2D eigenvalue weighted by atomic mass is 9.68. The maximum atomic E-state index is 4.48. The van der Waals surface area contributed by atoms with Gasteiger partial charge in [0, 0.05) is 29.9 Å². The van der Waals surface area contributed by atoms with Crippen molar-refractivity contribution in [2.75, 3.05) is 19.6 Å². The van der Waals surface area contributed by atoms with Crippen molar-refractivity contribution in [1.29, 1.82) is 0 Å². The third-order valence-electron chi connectivity index (χ3n) is 3.90. The molecule has 1 aromatic rings. The summed E-state index contributed by atoms with van der Waals surface area (Å²) in [5, 5.41) is 6.83. The van der Waals surface area contributed by atoms with Crippen molar-refractivity contribution in [3.63, 3.8) is 0 Å². The quantitative estimate of drug-likeness (QED) is 0.684. The van der Waals surface area contributed by atoms with Crippen LogP contribution in [0.3, 0.4) is 0 Å². The fraction of sp³-hybridized carbons (Fsp3) is 0.615. The van der Waals surface area contributed by atoms with Crippen LogP contribution in [0, 0.1) is 0 Å². The van der Waals surface area contributed by atoms with Crippen LogP contribution in [0.1, 0.15) is 30.6 Å². The molecule has 1 aliphatic heterocycles. The maximum absolute atomic E-state index is 4.48. The molecule has 0 radical (unpaired) electrons. The molecule has 3 rings (SSSR count). The molecule has 2 heterocycles. The molecule has 2 N–H and O–H groups in total. The van der Waals surface area contributed by atoms with Gasteiger partial charge in [0.1, 0.15) is 0 Å². The van der Waals surface area contributed by atoms with Crippen molar-refractivity contribution in [1.82, 2.24) is 10.6 Å². The van der Waals surface area contributed by atoms with Gasteiger partial charge in [-0.15, -0.1) is 35.3 Å². The van der Waals surface area contributed by atoms with Gasteiger partial charge in [0.2, 0.25) is 0 Å². The smallest absolute Gasteiger partial charge is 0.191 e. The molecule has 0 saturated heterocycles. The Hall–Kier alpha value is 0.180. The number of hydrogen-bond donors (Lipinski definition) is 2. The van der Waals surface area contributed by atoms with Crippen molar-refractivity contribution in [3.8, 4) is 0 Å². The zero-order valence-electron chi connectivity index (χ0n) is 10.7. The topological polar surface area (TPSA) is 36.4 Å². The van der Waals surface area contributed by atoms with Gasteiger partial charge in [-0.2, -0.15) is 0 Å². The van der Waals surface area contributed by atoms with Crippen LogP contribution in [0.25, 0.3) is 0 Å². The van der Waals surface area contributed by atoms with E-state index in [2.05, 4.69) is 43.7 Å². The second-order valence-electron chi connectivity index (χ2n) is 5.10. The number of aliphatic imine (C=N–C) groups is 1. The van der Waals surface area contributed by atoms with Crippen LogP contribution in [-0.2, 0) is 5.41 Å². The van der Waals surface area contributed by atoms with Crippen molar-refractivity contribution in [2.24, 2.45) is 4.99 Å². The molecule has 6 heteroatoms. The average molecular weight is 456 g/mol. The van der Waals surface area contributed by atoms with E-state index in [0.717, 1.165) is 32.0 Å². The summed E-state index contributed by atoms with van der Waals surface area (Å²) in [5.41, 5.74) is 0.346. The van der Waals surface area contributed by atoms with Crippen LogP contribution in [-0.4, -0.2) is 25.6 Å². The summed E-state index contributed by atoms with van der Waals surface area (Å²) in [7, 11) is 0. The molecule has 1 saturated carbocycles. The number of nitrogens with zero attached hydrogens (tertiary/aromatic N) is 1.